The third kappa shape index (κ3) is 4.21. The van der Waals surface area contributed by atoms with Gasteiger partial charge in [0.1, 0.15) is 5.75 Å². The van der Waals surface area contributed by atoms with Crippen LogP contribution in [0, 0.1) is 13.8 Å². The fraction of sp³-hybridized carbons (Fsp3) is 0.278. The van der Waals surface area contributed by atoms with Gasteiger partial charge in [0, 0.05) is 11.8 Å². The molecule has 0 radical (unpaired) electrons. The minimum atomic E-state index is 0.144. The van der Waals surface area contributed by atoms with Gasteiger partial charge >= 0.3 is 0 Å². The predicted octanol–water partition coefficient (Wildman–Crippen LogP) is 4.36. The van der Waals surface area contributed by atoms with Crippen molar-refractivity contribution in [3.63, 3.8) is 0 Å². The normalized spacial score (nSPS) is 11.6. The van der Waals surface area contributed by atoms with E-state index >= 15 is 0 Å². The lowest BCUT2D eigenvalue weighted by atomic mass is 10.0. The molecule has 0 bridgehead atoms. The zero-order chi connectivity index (χ0) is 16.1. The van der Waals surface area contributed by atoms with Crippen LogP contribution in [0.1, 0.15) is 29.7 Å². The van der Waals surface area contributed by atoms with E-state index in [4.69, 9.17) is 17.0 Å². The molecule has 0 spiro atoms. The first kappa shape index (κ1) is 16.3. The monoisotopic (exact) mass is 314 g/mol. The minimum absolute atomic E-state index is 0.144. The highest BCUT2D eigenvalue weighted by Crippen LogP contribution is 2.20. The van der Waals surface area contributed by atoms with Crippen molar-refractivity contribution in [2.75, 3.05) is 12.4 Å². The standard InChI is InChI=1S/C18H22N2OS/c1-12-8-9-13(2)17(10-12)14(3)19-18(22)20-15-6-5-7-16(11-15)21-4/h5-11,14H,1-4H3,(H2,19,20,22)/t14-/m0/s1. The average molecular weight is 314 g/mol. The van der Waals surface area contributed by atoms with E-state index in [1.165, 1.54) is 16.7 Å². The molecule has 0 heterocycles. The SMILES string of the molecule is COc1cccc(NC(=S)N[C@@H](C)c2cc(C)ccc2C)c1. The van der Waals surface area contributed by atoms with E-state index in [9.17, 15) is 0 Å². The van der Waals surface area contributed by atoms with Gasteiger partial charge in [-0.25, -0.2) is 0 Å². The van der Waals surface area contributed by atoms with Gasteiger partial charge in [-0.3, -0.25) is 0 Å². The highest BCUT2D eigenvalue weighted by molar-refractivity contribution is 7.80. The van der Waals surface area contributed by atoms with Crippen LogP contribution in [-0.4, -0.2) is 12.2 Å². The zero-order valence-corrected chi connectivity index (χ0v) is 14.3. The third-order valence-electron chi connectivity index (χ3n) is 3.58. The van der Waals surface area contributed by atoms with E-state index in [2.05, 4.69) is 49.6 Å². The van der Waals surface area contributed by atoms with Crippen molar-refractivity contribution in [1.82, 2.24) is 5.32 Å². The molecule has 2 aromatic carbocycles. The van der Waals surface area contributed by atoms with Crippen LogP contribution in [0.3, 0.4) is 0 Å². The molecular formula is C18H22N2OS. The molecule has 0 unspecified atom stereocenters. The van der Waals surface area contributed by atoms with Crippen molar-refractivity contribution in [2.45, 2.75) is 26.8 Å². The summed E-state index contributed by atoms with van der Waals surface area (Å²) in [6.45, 7) is 6.33. The lowest BCUT2D eigenvalue weighted by molar-refractivity contribution is 0.415. The van der Waals surface area contributed by atoms with E-state index in [-0.39, 0.29) is 6.04 Å². The van der Waals surface area contributed by atoms with Gasteiger partial charge < -0.3 is 15.4 Å². The lowest BCUT2D eigenvalue weighted by Gasteiger charge is -2.20. The molecule has 0 saturated carbocycles. The molecule has 22 heavy (non-hydrogen) atoms. The van der Waals surface area contributed by atoms with Gasteiger partial charge in [-0.15, -0.1) is 0 Å². The molecule has 0 amide bonds. The van der Waals surface area contributed by atoms with Crippen LogP contribution in [-0.2, 0) is 0 Å². The Bertz CT molecular complexity index is 670. The Hall–Kier alpha value is -2.07. The van der Waals surface area contributed by atoms with E-state index in [0.717, 1.165) is 11.4 Å². The van der Waals surface area contributed by atoms with E-state index < -0.39 is 0 Å². The Labute approximate surface area is 137 Å². The largest absolute Gasteiger partial charge is 0.497 e. The van der Waals surface area contributed by atoms with E-state index in [1.807, 2.05) is 24.3 Å². The van der Waals surface area contributed by atoms with Crippen molar-refractivity contribution in [1.29, 1.82) is 0 Å². The van der Waals surface area contributed by atoms with E-state index in [0.29, 0.717) is 5.11 Å². The Balaban J connectivity index is 2.03. The second-order valence-corrected chi connectivity index (χ2v) is 5.82. The van der Waals surface area contributed by atoms with Crippen LogP contribution in [0.2, 0.25) is 0 Å². The van der Waals surface area contributed by atoms with Crippen LogP contribution in [0.15, 0.2) is 42.5 Å². The van der Waals surface area contributed by atoms with Gasteiger partial charge in [-0.2, -0.15) is 0 Å². The average Bonchev–Trinajstić information content (AvgIpc) is 2.49. The van der Waals surface area contributed by atoms with Crippen molar-refractivity contribution in [3.05, 3.63) is 59.2 Å². The summed E-state index contributed by atoms with van der Waals surface area (Å²) in [6.07, 6.45) is 0. The molecule has 0 fully saturated rings. The van der Waals surface area contributed by atoms with Gasteiger partial charge in [0.2, 0.25) is 0 Å². The summed E-state index contributed by atoms with van der Waals surface area (Å²) in [4.78, 5) is 0. The first-order chi connectivity index (χ1) is 10.5. The van der Waals surface area contributed by atoms with Crippen molar-refractivity contribution >= 4 is 23.0 Å². The molecule has 4 heteroatoms. The number of methoxy groups -OCH3 is 1. The predicted molar refractivity (Wildman–Crippen MR) is 96.7 cm³/mol. The fourth-order valence-electron chi connectivity index (χ4n) is 2.37. The number of hydrogen-bond donors (Lipinski definition) is 2. The quantitative estimate of drug-likeness (QED) is 0.822. The number of hydrogen-bond acceptors (Lipinski definition) is 2. The third-order valence-corrected chi connectivity index (χ3v) is 3.80. The van der Waals surface area contributed by atoms with Gasteiger partial charge in [0.05, 0.1) is 13.2 Å². The minimum Gasteiger partial charge on any atom is -0.497 e. The Morgan fingerprint density at radius 2 is 1.91 bits per heavy atom. The summed E-state index contributed by atoms with van der Waals surface area (Å²) in [5.41, 5.74) is 4.68. The number of aryl methyl sites for hydroxylation is 2. The summed E-state index contributed by atoms with van der Waals surface area (Å²) >= 11 is 5.40. The van der Waals surface area contributed by atoms with Gasteiger partial charge in [-0.05, 0) is 56.2 Å². The summed E-state index contributed by atoms with van der Waals surface area (Å²) in [7, 11) is 1.65. The molecule has 2 rings (SSSR count). The Kier molecular flexibility index (Phi) is 5.39. The zero-order valence-electron chi connectivity index (χ0n) is 13.4. The molecular weight excluding hydrogens is 292 g/mol. The van der Waals surface area contributed by atoms with Crippen molar-refractivity contribution in [3.8, 4) is 5.75 Å². The molecule has 2 aromatic rings. The molecule has 2 N–H and O–H groups in total. The molecule has 0 aromatic heterocycles. The molecule has 0 aliphatic heterocycles. The Morgan fingerprint density at radius 3 is 2.64 bits per heavy atom. The first-order valence-corrected chi connectivity index (χ1v) is 7.69. The second-order valence-electron chi connectivity index (χ2n) is 5.41. The van der Waals surface area contributed by atoms with Crippen molar-refractivity contribution < 1.29 is 4.74 Å². The summed E-state index contributed by atoms with van der Waals surface area (Å²) in [5, 5.41) is 7.12. The summed E-state index contributed by atoms with van der Waals surface area (Å²) in [5.74, 6) is 0.801. The second kappa shape index (κ2) is 7.27. The molecule has 116 valence electrons. The maximum absolute atomic E-state index is 5.40. The molecule has 3 nitrogen and oxygen atoms in total. The number of thiocarbonyl (C=S) groups is 1. The lowest BCUT2D eigenvalue weighted by Crippen LogP contribution is -2.31. The maximum atomic E-state index is 5.40. The first-order valence-electron chi connectivity index (χ1n) is 7.28. The molecule has 1 atom stereocenters. The fourth-order valence-corrected chi connectivity index (χ4v) is 2.66. The number of ether oxygens (including phenoxy) is 1. The van der Waals surface area contributed by atoms with Crippen molar-refractivity contribution in [2.24, 2.45) is 0 Å². The smallest absolute Gasteiger partial charge is 0.171 e. The van der Waals surface area contributed by atoms with Crippen LogP contribution in [0.5, 0.6) is 5.75 Å². The van der Waals surface area contributed by atoms with Crippen LogP contribution in [0.4, 0.5) is 5.69 Å². The highest BCUT2D eigenvalue weighted by Gasteiger charge is 2.10. The molecule has 0 aliphatic carbocycles. The van der Waals surface area contributed by atoms with Gasteiger partial charge in [0.15, 0.2) is 5.11 Å². The number of benzene rings is 2. The highest BCUT2D eigenvalue weighted by atomic mass is 32.1. The number of anilines is 1. The maximum Gasteiger partial charge on any atom is 0.171 e. The number of rotatable bonds is 4. The molecule has 0 aliphatic rings. The van der Waals surface area contributed by atoms with Gasteiger partial charge in [0.25, 0.3) is 0 Å². The van der Waals surface area contributed by atoms with Crippen LogP contribution in [0.25, 0.3) is 0 Å². The molecule has 0 saturated heterocycles. The number of nitrogens with one attached hydrogen (secondary N) is 2. The van der Waals surface area contributed by atoms with Crippen LogP contribution >= 0.6 is 12.2 Å². The van der Waals surface area contributed by atoms with Crippen LogP contribution < -0.4 is 15.4 Å². The van der Waals surface area contributed by atoms with Gasteiger partial charge in [-0.1, -0.05) is 29.8 Å². The van der Waals surface area contributed by atoms with E-state index in [1.54, 1.807) is 7.11 Å². The summed E-state index contributed by atoms with van der Waals surface area (Å²) < 4.78 is 5.21. The summed E-state index contributed by atoms with van der Waals surface area (Å²) in [6, 6.07) is 14.3. The Morgan fingerprint density at radius 1 is 1.14 bits per heavy atom. The topological polar surface area (TPSA) is 33.3 Å².